The van der Waals surface area contributed by atoms with E-state index in [1.165, 1.54) is 11.3 Å². The second-order valence-electron chi connectivity index (χ2n) is 7.34. The Labute approximate surface area is 182 Å². The van der Waals surface area contributed by atoms with E-state index in [4.69, 9.17) is 9.15 Å². The molecule has 1 amide bonds. The molecule has 6 nitrogen and oxygen atoms in total. The van der Waals surface area contributed by atoms with E-state index < -0.39 is 6.04 Å². The standard InChI is InChI=1S/C24H20N2O4S/c1-2-3-12-29-16-8-6-7-15(14-16)20-19-21(27)17-9-4-5-10-18(17)30-22(19)23(28)26(20)24-25-11-13-31-24/h4-11,13-14,20H,2-3,12H2,1H3. The Balaban J connectivity index is 1.69. The van der Waals surface area contributed by atoms with Crippen molar-refractivity contribution < 1.29 is 13.9 Å². The second kappa shape index (κ2) is 8.00. The SMILES string of the molecule is CCCCOc1cccc(C2c3c(oc4ccccc4c3=O)C(=O)N2c2nccs2)c1. The van der Waals surface area contributed by atoms with Gasteiger partial charge in [0.2, 0.25) is 5.76 Å². The number of ether oxygens (including phenoxy) is 1. The van der Waals surface area contributed by atoms with Gasteiger partial charge in [-0.15, -0.1) is 11.3 Å². The molecule has 31 heavy (non-hydrogen) atoms. The number of para-hydroxylation sites is 1. The summed E-state index contributed by atoms with van der Waals surface area (Å²) in [6.07, 6.45) is 3.63. The van der Waals surface area contributed by atoms with E-state index >= 15 is 0 Å². The largest absolute Gasteiger partial charge is 0.494 e. The lowest BCUT2D eigenvalue weighted by molar-refractivity contribution is 0.0971. The zero-order valence-corrected chi connectivity index (χ0v) is 17.7. The van der Waals surface area contributed by atoms with Crippen molar-refractivity contribution in [2.75, 3.05) is 11.5 Å². The van der Waals surface area contributed by atoms with Crippen molar-refractivity contribution in [2.45, 2.75) is 25.8 Å². The molecule has 0 aliphatic carbocycles. The number of unbranched alkanes of at least 4 members (excludes halogenated alkanes) is 1. The molecular weight excluding hydrogens is 412 g/mol. The molecule has 0 saturated heterocycles. The van der Waals surface area contributed by atoms with Gasteiger partial charge in [-0.1, -0.05) is 37.6 Å². The van der Waals surface area contributed by atoms with Crippen LogP contribution in [0.4, 0.5) is 5.13 Å². The van der Waals surface area contributed by atoms with Crippen LogP contribution in [0.25, 0.3) is 11.0 Å². The van der Waals surface area contributed by atoms with Gasteiger partial charge in [0.1, 0.15) is 11.3 Å². The van der Waals surface area contributed by atoms with Gasteiger partial charge in [-0.3, -0.25) is 14.5 Å². The summed E-state index contributed by atoms with van der Waals surface area (Å²) in [5.41, 5.74) is 1.31. The average Bonchev–Trinajstić information content (AvgIpc) is 3.41. The number of hydrogen-bond donors (Lipinski definition) is 0. The lowest BCUT2D eigenvalue weighted by Gasteiger charge is -2.23. The van der Waals surface area contributed by atoms with Gasteiger partial charge in [-0.25, -0.2) is 4.98 Å². The third kappa shape index (κ3) is 3.31. The summed E-state index contributed by atoms with van der Waals surface area (Å²) in [5.74, 6) is 0.410. The molecule has 156 valence electrons. The van der Waals surface area contributed by atoms with Crippen molar-refractivity contribution in [3.05, 3.63) is 87.2 Å². The minimum Gasteiger partial charge on any atom is -0.494 e. The Hall–Kier alpha value is -3.45. The van der Waals surface area contributed by atoms with Crippen LogP contribution in [-0.4, -0.2) is 17.5 Å². The highest BCUT2D eigenvalue weighted by atomic mass is 32.1. The summed E-state index contributed by atoms with van der Waals surface area (Å²) in [4.78, 5) is 32.8. The van der Waals surface area contributed by atoms with E-state index in [1.54, 1.807) is 40.7 Å². The Morgan fingerprint density at radius 2 is 2.03 bits per heavy atom. The molecule has 2 aromatic heterocycles. The van der Waals surface area contributed by atoms with Crippen molar-refractivity contribution in [2.24, 2.45) is 0 Å². The predicted octanol–water partition coefficient (Wildman–Crippen LogP) is 5.18. The van der Waals surface area contributed by atoms with Crippen LogP contribution < -0.4 is 15.1 Å². The van der Waals surface area contributed by atoms with Crippen molar-refractivity contribution in [1.29, 1.82) is 0 Å². The molecule has 5 rings (SSSR count). The molecule has 4 aromatic rings. The maximum absolute atomic E-state index is 13.5. The zero-order chi connectivity index (χ0) is 21.4. The van der Waals surface area contributed by atoms with Gasteiger partial charge >= 0.3 is 0 Å². The normalized spacial score (nSPS) is 15.5. The fourth-order valence-corrected chi connectivity index (χ4v) is 4.54. The van der Waals surface area contributed by atoms with Gasteiger partial charge < -0.3 is 9.15 Å². The van der Waals surface area contributed by atoms with E-state index in [0.717, 1.165) is 18.4 Å². The topological polar surface area (TPSA) is 72.6 Å². The van der Waals surface area contributed by atoms with Gasteiger partial charge in [-0.2, -0.15) is 0 Å². The van der Waals surface area contributed by atoms with E-state index in [0.29, 0.717) is 34.0 Å². The summed E-state index contributed by atoms with van der Waals surface area (Å²) < 4.78 is 11.8. The zero-order valence-electron chi connectivity index (χ0n) is 16.9. The number of carbonyl (C=O) groups is 1. The van der Waals surface area contributed by atoms with Crippen LogP contribution in [0.2, 0.25) is 0 Å². The summed E-state index contributed by atoms with van der Waals surface area (Å²) in [6.45, 7) is 2.72. The maximum atomic E-state index is 13.5. The number of nitrogens with zero attached hydrogens (tertiary/aromatic N) is 2. The summed E-state index contributed by atoms with van der Waals surface area (Å²) in [6, 6.07) is 13.9. The number of benzene rings is 2. The van der Waals surface area contributed by atoms with Crippen LogP contribution >= 0.6 is 11.3 Å². The molecule has 7 heteroatoms. The second-order valence-corrected chi connectivity index (χ2v) is 8.21. The Morgan fingerprint density at radius 1 is 1.16 bits per heavy atom. The molecule has 1 aliphatic heterocycles. The highest BCUT2D eigenvalue weighted by Gasteiger charge is 2.44. The molecule has 0 saturated carbocycles. The minimum atomic E-state index is -0.635. The third-order valence-electron chi connectivity index (χ3n) is 5.34. The van der Waals surface area contributed by atoms with Crippen molar-refractivity contribution in [1.82, 2.24) is 4.98 Å². The number of aromatic nitrogens is 1. The first-order valence-corrected chi connectivity index (χ1v) is 11.1. The highest BCUT2D eigenvalue weighted by molar-refractivity contribution is 7.13. The molecule has 0 N–H and O–H groups in total. The molecule has 1 atom stereocenters. The number of carbonyl (C=O) groups excluding carboxylic acids is 1. The molecule has 1 unspecified atom stereocenters. The number of fused-ring (bicyclic) bond motifs is 2. The third-order valence-corrected chi connectivity index (χ3v) is 6.11. The quantitative estimate of drug-likeness (QED) is 0.393. The fourth-order valence-electron chi connectivity index (χ4n) is 3.88. The predicted molar refractivity (Wildman–Crippen MR) is 120 cm³/mol. The maximum Gasteiger partial charge on any atom is 0.297 e. The summed E-state index contributed by atoms with van der Waals surface area (Å²) >= 11 is 1.34. The molecule has 1 aliphatic rings. The first-order chi connectivity index (χ1) is 15.2. The van der Waals surface area contributed by atoms with Crippen LogP contribution in [0.5, 0.6) is 5.75 Å². The smallest absolute Gasteiger partial charge is 0.297 e. The minimum absolute atomic E-state index is 0.0706. The fraction of sp³-hybridized carbons (Fsp3) is 0.208. The molecular formula is C24H20N2O4S. The first-order valence-electron chi connectivity index (χ1n) is 10.2. The van der Waals surface area contributed by atoms with Crippen LogP contribution in [0.1, 0.15) is 47.5 Å². The van der Waals surface area contributed by atoms with E-state index in [-0.39, 0.29) is 17.1 Å². The van der Waals surface area contributed by atoms with Crippen molar-refractivity contribution in [3.63, 3.8) is 0 Å². The molecule has 0 radical (unpaired) electrons. The Bertz CT molecular complexity index is 1310. The molecule has 0 bridgehead atoms. The Morgan fingerprint density at radius 3 is 2.84 bits per heavy atom. The van der Waals surface area contributed by atoms with E-state index in [9.17, 15) is 9.59 Å². The lowest BCUT2D eigenvalue weighted by Crippen LogP contribution is -2.29. The molecule has 2 aromatic carbocycles. The summed E-state index contributed by atoms with van der Waals surface area (Å²) in [5, 5.41) is 2.77. The molecule has 0 fully saturated rings. The van der Waals surface area contributed by atoms with Crippen LogP contribution in [0.15, 0.2) is 69.3 Å². The molecule has 0 spiro atoms. The van der Waals surface area contributed by atoms with Crippen LogP contribution in [-0.2, 0) is 0 Å². The number of anilines is 1. The van der Waals surface area contributed by atoms with Crippen molar-refractivity contribution >= 4 is 33.3 Å². The van der Waals surface area contributed by atoms with Crippen LogP contribution in [0.3, 0.4) is 0 Å². The van der Waals surface area contributed by atoms with Crippen molar-refractivity contribution in [3.8, 4) is 5.75 Å². The number of hydrogen-bond acceptors (Lipinski definition) is 6. The van der Waals surface area contributed by atoms with Gasteiger partial charge in [0, 0.05) is 11.6 Å². The van der Waals surface area contributed by atoms with Gasteiger partial charge in [-0.05, 0) is 36.2 Å². The Kier molecular flexibility index (Phi) is 5.03. The number of amides is 1. The monoisotopic (exact) mass is 432 g/mol. The van der Waals surface area contributed by atoms with Gasteiger partial charge in [0.05, 0.1) is 23.6 Å². The molecule has 3 heterocycles. The number of rotatable bonds is 6. The summed E-state index contributed by atoms with van der Waals surface area (Å²) in [7, 11) is 0. The number of thiazole rings is 1. The lowest BCUT2D eigenvalue weighted by atomic mass is 9.98. The van der Waals surface area contributed by atoms with Gasteiger partial charge in [0.15, 0.2) is 10.6 Å². The highest BCUT2D eigenvalue weighted by Crippen LogP contribution is 2.42. The average molecular weight is 433 g/mol. The van der Waals surface area contributed by atoms with Gasteiger partial charge in [0.25, 0.3) is 5.91 Å². The van der Waals surface area contributed by atoms with Crippen LogP contribution in [0, 0.1) is 0 Å². The van der Waals surface area contributed by atoms with E-state index in [1.807, 2.05) is 24.3 Å². The van der Waals surface area contributed by atoms with E-state index in [2.05, 4.69) is 11.9 Å². The first kappa shape index (κ1) is 19.5.